The molecule has 2 rings (SSSR count). The summed E-state index contributed by atoms with van der Waals surface area (Å²) in [6.07, 6.45) is 2.53. The minimum absolute atomic E-state index is 0.208. The summed E-state index contributed by atoms with van der Waals surface area (Å²) in [4.78, 5) is 2.38. The summed E-state index contributed by atoms with van der Waals surface area (Å²) in [6, 6.07) is 6.52. The first-order chi connectivity index (χ1) is 7.58. The molecule has 0 radical (unpaired) electrons. The third-order valence-corrected chi connectivity index (χ3v) is 3.25. The molecule has 16 heavy (non-hydrogen) atoms. The summed E-state index contributed by atoms with van der Waals surface area (Å²) in [6.45, 7) is 5.12. The van der Waals surface area contributed by atoms with Gasteiger partial charge in [-0.1, -0.05) is 12.1 Å². The molecule has 1 saturated heterocycles. The van der Waals surface area contributed by atoms with Gasteiger partial charge in [0.15, 0.2) is 0 Å². The first-order valence-electron chi connectivity index (χ1n) is 5.85. The zero-order chi connectivity index (χ0) is 11.6. The van der Waals surface area contributed by atoms with E-state index < -0.39 is 5.54 Å². The predicted octanol–water partition coefficient (Wildman–Crippen LogP) is 2.10. The fourth-order valence-corrected chi connectivity index (χ4v) is 2.33. The lowest BCUT2D eigenvalue weighted by atomic mass is 9.92. The van der Waals surface area contributed by atoms with Crippen molar-refractivity contribution in [3.8, 4) is 0 Å². The lowest BCUT2D eigenvalue weighted by Crippen LogP contribution is -2.44. The number of halogens is 1. The Kier molecular flexibility index (Phi) is 3.26. The van der Waals surface area contributed by atoms with Crippen LogP contribution in [-0.4, -0.2) is 24.5 Å². The summed E-state index contributed by atoms with van der Waals surface area (Å²) >= 11 is 0. The molecule has 0 bridgehead atoms. The highest BCUT2D eigenvalue weighted by atomic mass is 19.1. The highest BCUT2D eigenvalue weighted by Crippen LogP contribution is 2.21. The molecule has 1 heterocycles. The van der Waals surface area contributed by atoms with Crippen molar-refractivity contribution in [2.24, 2.45) is 5.73 Å². The van der Waals surface area contributed by atoms with Crippen LogP contribution >= 0.6 is 0 Å². The Bertz CT molecular complexity index is 339. The third kappa shape index (κ3) is 2.60. The maximum atomic E-state index is 12.8. The standard InChI is InChI=1S/C13H19FN2/c1-13(15,10-16-8-2-3-9-16)11-4-6-12(14)7-5-11/h4-7H,2-3,8-10,15H2,1H3. The lowest BCUT2D eigenvalue weighted by Gasteiger charge is -2.30. The highest BCUT2D eigenvalue weighted by molar-refractivity contribution is 5.24. The maximum Gasteiger partial charge on any atom is 0.123 e. The van der Waals surface area contributed by atoms with E-state index in [1.54, 1.807) is 12.1 Å². The van der Waals surface area contributed by atoms with Crippen molar-refractivity contribution < 1.29 is 4.39 Å². The van der Waals surface area contributed by atoms with Gasteiger partial charge < -0.3 is 10.6 Å². The molecule has 2 N–H and O–H groups in total. The number of hydrogen-bond donors (Lipinski definition) is 1. The van der Waals surface area contributed by atoms with Gasteiger partial charge in [-0.15, -0.1) is 0 Å². The van der Waals surface area contributed by atoms with Crippen molar-refractivity contribution in [1.82, 2.24) is 4.90 Å². The van der Waals surface area contributed by atoms with E-state index in [1.165, 1.54) is 25.0 Å². The van der Waals surface area contributed by atoms with Gasteiger partial charge in [-0.3, -0.25) is 0 Å². The Morgan fingerprint density at radius 1 is 1.25 bits per heavy atom. The number of benzene rings is 1. The van der Waals surface area contributed by atoms with Crippen molar-refractivity contribution >= 4 is 0 Å². The summed E-state index contributed by atoms with van der Waals surface area (Å²) in [5, 5.41) is 0. The Morgan fingerprint density at radius 2 is 1.81 bits per heavy atom. The number of nitrogens with two attached hydrogens (primary N) is 1. The molecule has 1 aliphatic rings. The molecule has 3 heteroatoms. The van der Waals surface area contributed by atoms with Gasteiger partial charge in [0.05, 0.1) is 5.54 Å². The molecule has 0 saturated carbocycles. The SMILES string of the molecule is CC(N)(CN1CCCC1)c1ccc(F)cc1. The molecule has 1 fully saturated rings. The number of nitrogens with zero attached hydrogens (tertiary/aromatic N) is 1. The second-order valence-corrected chi connectivity index (χ2v) is 4.91. The molecule has 2 nitrogen and oxygen atoms in total. The van der Waals surface area contributed by atoms with Gasteiger partial charge in [0, 0.05) is 6.54 Å². The average molecular weight is 222 g/mol. The molecule has 1 atom stereocenters. The van der Waals surface area contributed by atoms with Crippen LogP contribution in [-0.2, 0) is 5.54 Å². The third-order valence-electron chi connectivity index (χ3n) is 3.25. The van der Waals surface area contributed by atoms with Gasteiger partial charge in [0.1, 0.15) is 5.82 Å². The van der Waals surface area contributed by atoms with Crippen LogP contribution in [0.4, 0.5) is 4.39 Å². The highest BCUT2D eigenvalue weighted by Gasteiger charge is 2.25. The van der Waals surface area contributed by atoms with Crippen LogP contribution in [0.3, 0.4) is 0 Å². The van der Waals surface area contributed by atoms with Crippen LogP contribution in [0.5, 0.6) is 0 Å². The van der Waals surface area contributed by atoms with Gasteiger partial charge >= 0.3 is 0 Å². The quantitative estimate of drug-likeness (QED) is 0.848. The smallest absolute Gasteiger partial charge is 0.123 e. The minimum Gasteiger partial charge on any atom is -0.321 e. The Balaban J connectivity index is 2.07. The molecule has 0 spiro atoms. The van der Waals surface area contributed by atoms with Crippen molar-refractivity contribution in [1.29, 1.82) is 0 Å². The number of likely N-dealkylation sites (tertiary alicyclic amines) is 1. The molecule has 0 aliphatic carbocycles. The fourth-order valence-electron chi connectivity index (χ4n) is 2.33. The predicted molar refractivity (Wildman–Crippen MR) is 63.6 cm³/mol. The van der Waals surface area contributed by atoms with E-state index in [9.17, 15) is 4.39 Å². The van der Waals surface area contributed by atoms with E-state index >= 15 is 0 Å². The van der Waals surface area contributed by atoms with Crippen molar-refractivity contribution in [3.05, 3.63) is 35.6 Å². The number of rotatable bonds is 3. The second-order valence-electron chi connectivity index (χ2n) is 4.91. The summed E-state index contributed by atoms with van der Waals surface area (Å²) in [5.41, 5.74) is 6.91. The fraction of sp³-hybridized carbons (Fsp3) is 0.538. The van der Waals surface area contributed by atoms with Gasteiger partial charge in [0.25, 0.3) is 0 Å². The molecule has 1 aliphatic heterocycles. The van der Waals surface area contributed by atoms with Crippen LogP contribution in [0.15, 0.2) is 24.3 Å². The lowest BCUT2D eigenvalue weighted by molar-refractivity contribution is 0.260. The topological polar surface area (TPSA) is 29.3 Å². The summed E-state index contributed by atoms with van der Waals surface area (Å²) in [5.74, 6) is -0.208. The molecule has 0 aromatic heterocycles. The second kappa shape index (κ2) is 4.52. The first kappa shape index (κ1) is 11.6. The molecule has 0 amide bonds. The monoisotopic (exact) mass is 222 g/mol. The van der Waals surface area contributed by atoms with Crippen molar-refractivity contribution in [3.63, 3.8) is 0 Å². The van der Waals surface area contributed by atoms with E-state index in [0.717, 1.165) is 25.2 Å². The van der Waals surface area contributed by atoms with E-state index in [2.05, 4.69) is 4.90 Å². The van der Waals surface area contributed by atoms with Gasteiger partial charge in [0.2, 0.25) is 0 Å². The van der Waals surface area contributed by atoms with E-state index in [1.807, 2.05) is 6.92 Å². The van der Waals surface area contributed by atoms with Gasteiger partial charge in [-0.25, -0.2) is 4.39 Å². The minimum atomic E-state index is -0.391. The summed E-state index contributed by atoms with van der Waals surface area (Å²) in [7, 11) is 0. The summed E-state index contributed by atoms with van der Waals surface area (Å²) < 4.78 is 12.8. The molecular weight excluding hydrogens is 203 g/mol. The van der Waals surface area contributed by atoms with E-state index in [-0.39, 0.29) is 5.82 Å². The van der Waals surface area contributed by atoms with E-state index in [4.69, 9.17) is 5.73 Å². The molecule has 1 unspecified atom stereocenters. The van der Waals surface area contributed by atoms with Gasteiger partial charge in [-0.2, -0.15) is 0 Å². The average Bonchev–Trinajstić information content (AvgIpc) is 2.70. The normalized spacial score (nSPS) is 20.9. The number of hydrogen-bond acceptors (Lipinski definition) is 2. The van der Waals surface area contributed by atoms with Crippen LogP contribution in [0, 0.1) is 5.82 Å². The Morgan fingerprint density at radius 3 is 2.38 bits per heavy atom. The molecule has 88 valence electrons. The first-order valence-corrected chi connectivity index (χ1v) is 5.85. The Hall–Kier alpha value is -0.930. The van der Waals surface area contributed by atoms with Crippen LogP contribution in [0.25, 0.3) is 0 Å². The van der Waals surface area contributed by atoms with E-state index in [0.29, 0.717) is 0 Å². The molecule has 1 aromatic carbocycles. The van der Waals surface area contributed by atoms with Crippen molar-refractivity contribution in [2.75, 3.05) is 19.6 Å². The van der Waals surface area contributed by atoms with Crippen LogP contribution in [0.2, 0.25) is 0 Å². The van der Waals surface area contributed by atoms with Crippen molar-refractivity contribution in [2.45, 2.75) is 25.3 Å². The molecule has 1 aromatic rings. The zero-order valence-electron chi connectivity index (χ0n) is 9.75. The maximum absolute atomic E-state index is 12.8. The van der Waals surface area contributed by atoms with Crippen LogP contribution in [0.1, 0.15) is 25.3 Å². The zero-order valence-corrected chi connectivity index (χ0v) is 9.75. The van der Waals surface area contributed by atoms with Gasteiger partial charge in [-0.05, 0) is 50.6 Å². The largest absolute Gasteiger partial charge is 0.321 e. The molecular formula is C13H19FN2. The van der Waals surface area contributed by atoms with Crippen LogP contribution < -0.4 is 5.73 Å². The Labute approximate surface area is 96.2 Å².